The number of aliphatic imine (C=N–C) groups is 1. The van der Waals surface area contributed by atoms with Gasteiger partial charge in [0.05, 0.1) is 13.2 Å². The quantitative estimate of drug-likeness (QED) is 0.211. The largest absolute Gasteiger partial charge is 0.490 e. The lowest BCUT2D eigenvalue weighted by atomic mass is 10.2. The van der Waals surface area contributed by atoms with E-state index in [1.807, 2.05) is 30.3 Å². The van der Waals surface area contributed by atoms with Crippen LogP contribution in [0.5, 0.6) is 11.5 Å². The van der Waals surface area contributed by atoms with Crippen LogP contribution in [-0.2, 0) is 0 Å². The molecule has 0 saturated heterocycles. The number of nitrogens with zero attached hydrogens (tertiary/aromatic N) is 1. The molecule has 0 aromatic heterocycles. The number of ether oxygens (including phenoxy) is 2. The third kappa shape index (κ3) is 7.39. The maximum Gasteiger partial charge on any atom is 0.251 e. The molecule has 3 rings (SSSR count). The topological polar surface area (TPSA) is 98.0 Å². The molecule has 2 aromatic rings. The van der Waals surface area contributed by atoms with Crippen molar-refractivity contribution in [3.05, 3.63) is 52.5 Å². The summed E-state index contributed by atoms with van der Waals surface area (Å²) in [5.74, 6) is 1.64. The van der Waals surface area contributed by atoms with E-state index in [-0.39, 0.29) is 29.9 Å². The minimum atomic E-state index is -0.108. The number of hydrogen-bond acceptors (Lipinski definition) is 4. The normalized spacial score (nSPS) is 13.1. The van der Waals surface area contributed by atoms with Crippen molar-refractivity contribution in [3.63, 3.8) is 0 Å². The number of hydrogen-bond donors (Lipinski definition) is 3. The highest BCUT2D eigenvalue weighted by molar-refractivity contribution is 14.0. The Morgan fingerprint density at radius 3 is 2.72 bits per heavy atom. The average molecular weight is 575 g/mol. The number of guanidine groups is 1. The van der Waals surface area contributed by atoms with Crippen molar-refractivity contribution in [2.45, 2.75) is 12.8 Å². The number of halogens is 2. The van der Waals surface area contributed by atoms with Crippen molar-refractivity contribution in [2.75, 3.05) is 31.6 Å². The molecule has 0 atom stereocenters. The molecule has 0 bridgehead atoms. The van der Waals surface area contributed by atoms with E-state index in [9.17, 15) is 4.79 Å². The first-order valence-corrected chi connectivity index (χ1v) is 9.91. The van der Waals surface area contributed by atoms with Crippen LogP contribution < -0.4 is 25.8 Å². The minimum absolute atomic E-state index is 0. The molecule has 4 N–H and O–H groups in total. The first-order chi connectivity index (χ1) is 13.6. The maximum atomic E-state index is 12.1. The molecule has 2 aromatic carbocycles. The third-order valence-corrected chi connectivity index (χ3v) is 4.50. The number of amides is 1. The van der Waals surface area contributed by atoms with E-state index in [1.54, 1.807) is 12.1 Å². The zero-order chi connectivity index (χ0) is 19.8. The first-order valence-electron chi connectivity index (χ1n) is 9.12. The number of carbonyl (C=O) groups is 1. The van der Waals surface area contributed by atoms with E-state index < -0.39 is 0 Å². The van der Waals surface area contributed by atoms with Gasteiger partial charge in [-0.3, -0.25) is 9.79 Å². The molecule has 1 aliphatic heterocycles. The van der Waals surface area contributed by atoms with Crippen LogP contribution in [0.15, 0.2) is 51.9 Å². The molecule has 156 valence electrons. The summed E-state index contributed by atoms with van der Waals surface area (Å²) in [5, 5.41) is 5.91. The Kier molecular flexibility index (Phi) is 9.52. The zero-order valence-electron chi connectivity index (χ0n) is 15.8. The maximum absolute atomic E-state index is 12.1. The summed E-state index contributed by atoms with van der Waals surface area (Å²) in [7, 11) is 0. The van der Waals surface area contributed by atoms with Crippen molar-refractivity contribution < 1.29 is 14.3 Å². The van der Waals surface area contributed by atoms with Crippen molar-refractivity contribution in [1.29, 1.82) is 0 Å². The fraction of sp³-hybridized carbons (Fsp3) is 0.300. The van der Waals surface area contributed by atoms with E-state index in [1.165, 1.54) is 0 Å². The van der Waals surface area contributed by atoms with E-state index in [0.717, 1.165) is 22.3 Å². The molecule has 29 heavy (non-hydrogen) atoms. The van der Waals surface area contributed by atoms with Crippen LogP contribution in [-0.4, -0.2) is 38.2 Å². The number of carbonyl (C=O) groups excluding carboxylic acids is 1. The second-order valence-electron chi connectivity index (χ2n) is 6.22. The standard InChI is InChI=1S/C20H23BrN4O3.HI/c21-15-5-1-4-14(12-15)19(26)23-8-2-9-24-20(22)25-16-6-7-17-18(13-16)28-11-3-10-27-17;/h1,4-7,12-13H,2-3,8-11H2,(H,23,26)(H3,22,24,25);1H. The molecule has 7 nitrogen and oxygen atoms in total. The Morgan fingerprint density at radius 1 is 1.14 bits per heavy atom. The van der Waals surface area contributed by atoms with Crippen molar-refractivity contribution in [2.24, 2.45) is 10.7 Å². The molecule has 1 amide bonds. The van der Waals surface area contributed by atoms with Gasteiger partial charge in [0.1, 0.15) is 0 Å². The van der Waals surface area contributed by atoms with Gasteiger partial charge in [-0.2, -0.15) is 0 Å². The van der Waals surface area contributed by atoms with Gasteiger partial charge in [-0.1, -0.05) is 22.0 Å². The summed E-state index contributed by atoms with van der Waals surface area (Å²) < 4.78 is 12.1. The summed E-state index contributed by atoms with van der Waals surface area (Å²) in [6, 6.07) is 12.8. The van der Waals surface area contributed by atoms with Crippen LogP contribution >= 0.6 is 39.9 Å². The highest BCUT2D eigenvalue weighted by atomic mass is 127. The van der Waals surface area contributed by atoms with Gasteiger partial charge in [0, 0.05) is 41.3 Å². The van der Waals surface area contributed by atoms with E-state index in [0.29, 0.717) is 50.0 Å². The highest BCUT2D eigenvalue weighted by Gasteiger charge is 2.11. The molecule has 0 saturated carbocycles. The molecular weight excluding hydrogens is 551 g/mol. The molecule has 0 fully saturated rings. The van der Waals surface area contributed by atoms with Gasteiger partial charge >= 0.3 is 0 Å². The number of anilines is 1. The van der Waals surface area contributed by atoms with Gasteiger partial charge in [-0.05, 0) is 36.8 Å². The van der Waals surface area contributed by atoms with Crippen LogP contribution in [0.3, 0.4) is 0 Å². The van der Waals surface area contributed by atoms with E-state index in [4.69, 9.17) is 15.2 Å². The van der Waals surface area contributed by atoms with E-state index in [2.05, 4.69) is 31.6 Å². The lowest BCUT2D eigenvalue weighted by Gasteiger charge is -2.10. The molecule has 9 heteroatoms. The smallest absolute Gasteiger partial charge is 0.251 e. The minimum Gasteiger partial charge on any atom is -0.490 e. The number of fused-ring (bicyclic) bond motifs is 1. The fourth-order valence-corrected chi connectivity index (χ4v) is 3.04. The molecule has 0 aliphatic carbocycles. The summed E-state index contributed by atoms with van der Waals surface area (Å²) in [6.07, 6.45) is 1.54. The Balaban J connectivity index is 0.00000300. The van der Waals surface area contributed by atoms with Gasteiger partial charge in [0.25, 0.3) is 5.91 Å². The van der Waals surface area contributed by atoms with Gasteiger partial charge < -0.3 is 25.8 Å². The third-order valence-electron chi connectivity index (χ3n) is 4.01. The molecule has 0 radical (unpaired) electrons. The van der Waals surface area contributed by atoms with Crippen LogP contribution in [0, 0.1) is 0 Å². The molecular formula is C20H24BrIN4O3. The van der Waals surface area contributed by atoms with Gasteiger partial charge in [0.15, 0.2) is 17.5 Å². The summed E-state index contributed by atoms with van der Waals surface area (Å²) in [6.45, 7) is 2.31. The van der Waals surface area contributed by atoms with Crippen LogP contribution in [0.2, 0.25) is 0 Å². The lowest BCUT2D eigenvalue weighted by molar-refractivity contribution is 0.0953. The van der Waals surface area contributed by atoms with Gasteiger partial charge in [-0.25, -0.2) is 0 Å². The van der Waals surface area contributed by atoms with Crippen LogP contribution in [0.1, 0.15) is 23.2 Å². The summed E-state index contributed by atoms with van der Waals surface area (Å²) in [5.41, 5.74) is 7.34. The van der Waals surface area contributed by atoms with Crippen molar-refractivity contribution in [1.82, 2.24) is 5.32 Å². The Bertz CT molecular complexity index is 863. The molecule has 1 aliphatic rings. The summed E-state index contributed by atoms with van der Waals surface area (Å²) in [4.78, 5) is 16.3. The first kappa shape index (κ1) is 23.3. The Hall–Kier alpha value is -2.01. The number of benzene rings is 2. The van der Waals surface area contributed by atoms with Gasteiger partial charge in [0.2, 0.25) is 0 Å². The molecule has 0 unspecified atom stereocenters. The zero-order valence-corrected chi connectivity index (χ0v) is 19.7. The number of nitrogens with one attached hydrogen (secondary N) is 2. The average Bonchev–Trinajstić information content (AvgIpc) is 2.92. The second kappa shape index (κ2) is 11.9. The second-order valence-corrected chi connectivity index (χ2v) is 7.14. The van der Waals surface area contributed by atoms with Crippen LogP contribution in [0.25, 0.3) is 0 Å². The van der Waals surface area contributed by atoms with Gasteiger partial charge in [-0.15, -0.1) is 24.0 Å². The highest BCUT2D eigenvalue weighted by Crippen LogP contribution is 2.32. The lowest BCUT2D eigenvalue weighted by Crippen LogP contribution is -2.26. The fourth-order valence-electron chi connectivity index (χ4n) is 2.64. The summed E-state index contributed by atoms with van der Waals surface area (Å²) >= 11 is 3.36. The Morgan fingerprint density at radius 2 is 1.93 bits per heavy atom. The van der Waals surface area contributed by atoms with Crippen LogP contribution in [0.4, 0.5) is 5.69 Å². The number of nitrogens with two attached hydrogens (primary N) is 1. The van der Waals surface area contributed by atoms with Crippen molar-refractivity contribution in [3.8, 4) is 11.5 Å². The number of rotatable bonds is 6. The monoisotopic (exact) mass is 574 g/mol. The van der Waals surface area contributed by atoms with E-state index >= 15 is 0 Å². The predicted octanol–water partition coefficient (Wildman–Crippen LogP) is 3.78. The predicted molar refractivity (Wildman–Crippen MR) is 129 cm³/mol. The Labute approximate surface area is 195 Å². The SMILES string of the molecule is I.NC(=NCCCNC(=O)c1cccc(Br)c1)Nc1ccc2c(c1)OCCCO2. The van der Waals surface area contributed by atoms with Crippen molar-refractivity contribution >= 4 is 57.5 Å². The molecule has 1 heterocycles. The molecule has 0 spiro atoms.